The van der Waals surface area contributed by atoms with Crippen LogP contribution in [0, 0.1) is 0 Å². The van der Waals surface area contributed by atoms with Gasteiger partial charge in [-0.1, -0.05) is 0 Å². The predicted molar refractivity (Wildman–Crippen MR) is 99.7 cm³/mol. The summed E-state index contributed by atoms with van der Waals surface area (Å²) in [7, 11) is 1.64. The van der Waals surface area contributed by atoms with Gasteiger partial charge in [-0.2, -0.15) is 0 Å². The second-order valence-corrected chi connectivity index (χ2v) is 5.67. The molecular formula is C19H17N5O. The lowest BCUT2D eigenvalue weighted by Gasteiger charge is -2.06. The molecule has 4 aromatic rings. The topological polar surface area (TPSA) is 92.0 Å². The molecule has 0 saturated carbocycles. The largest absolute Gasteiger partial charge is 0.497 e. The molecule has 0 aliphatic rings. The summed E-state index contributed by atoms with van der Waals surface area (Å²) >= 11 is 0. The lowest BCUT2D eigenvalue weighted by Crippen LogP contribution is -1.97. The Hall–Kier alpha value is -3.54. The number of methoxy groups -OCH3 is 1. The van der Waals surface area contributed by atoms with Gasteiger partial charge in [-0.15, -0.1) is 5.10 Å². The summed E-state index contributed by atoms with van der Waals surface area (Å²) in [5, 5.41) is 5.32. The van der Waals surface area contributed by atoms with E-state index < -0.39 is 0 Å². The Morgan fingerprint density at radius 2 is 1.64 bits per heavy atom. The standard InChI is InChI=1S/C19H17N5O/c1-25-15-8-2-12(3-9-15)18-17-16(10-11-22-18)24(23-19(17)21)14-6-4-13(20)5-7-14/h2-11H,20H2,1H3,(H2,21,23). The predicted octanol–water partition coefficient (Wildman–Crippen LogP) is 3.26. The van der Waals surface area contributed by atoms with Gasteiger partial charge in [0.15, 0.2) is 5.82 Å². The Kier molecular flexibility index (Phi) is 3.50. The van der Waals surface area contributed by atoms with Crippen molar-refractivity contribution in [1.29, 1.82) is 0 Å². The molecule has 0 spiro atoms. The first-order valence-electron chi connectivity index (χ1n) is 7.81. The van der Waals surface area contributed by atoms with E-state index in [0.717, 1.165) is 33.6 Å². The normalized spacial score (nSPS) is 10.9. The molecule has 0 radical (unpaired) electrons. The van der Waals surface area contributed by atoms with Gasteiger partial charge >= 0.3 is 0 Å². The van der Waals surface area contributed by atoms with Crippen molar-refractivity contribution in [2.24, 2.45) is 0 Å². The number of nitrogens with two attached hydrogens (primary N) is 2. The van der Waals surface area contributed by atoms with Crippen molar-refractivity contribution in [3.63, 3.8) is 0 Å². The van der Waals surface area contributed by atoms with Gasteiger partial charge in [-0.05, 0) is 54.6 Å². The second kappa shape index (κ2) is 5.83. The Labute approximate surface area is 144 Å². The first-order valence-corrected chi connectivity index (χ1v) is 7.81. The van der Waals surface area contributed by atoms with Gasteiger partial charge in [0.2, 0.25) is 0 Å². The van der Waals surface area contributed by atoms with E-state index in [4.69, 9.17) is 16.2 Å². The number of nitrogens with zero attached hydrogens (tertiary/aromatic N) is 3. The van der Waals surface area contributed by atoms with Crippen LogP contribution in [0.5, 0.6) is 5.75 Å². The van der Waals surface area contributed by atoms with Crippen molar-refractivity contribution in [2.75, 3.05) is 18.6 Å². The highest BCUT2D eigenvalue weighted by molar-refractivity contribution is 6.00. The number of nitrogen functional groups attached to an aromatic ring is 2. The number of hydrogen-bond acceptors (Lipinski definition) is 5. The third kappa shape index (κ3) is 2.53. The Morgan fingerprint density at radius 3 is 2.32 bits per heavy atom. The summed E-state index contributed by atoms with van der Waals surface area (Å²) in [6.07, 6.45) is 1.76. The summed E-state index contributed by atoms with van der Waals surface area (Å²) < 4.78 is 7.02. The number of anilines is 2. The SMILES string of the molecule is COc1ccc(-c2nccc3c2c(N)nn3-c2ccc(N)cc2)cc1. The van der Waals surface area contributed by atoms with Crippen molar-refractivity contribution >= 4 is 22.4 Å². The number of benzene rings is 2. The average molecular weight is 331 g/mol. The summed E-state index contributed by atoms with van der Waals surface area (Å²) in [5.74, 6) is 1.23. The van der Waals surface area contributed by atoms with Crippen molar-refractivity contribution in [2.45, 2.75) is 0 Å². The van der Waals surface area contributed by atoms with E-state index >= 15 is 0 Å². The molecule has 25 heavy (non-hydrogen) atoms. The van der Waals surface area contributed by atoms with Crippen LogP contribution in [0.3, 0.4) is 0 Å². The van der Waals surface area contributed by atoms with Crippen LogP contribution in [-0.2, 0) is 0 Å². The highest BCUT2D eigenvalue weighted by atomic mass is 16.5. The second-order valence-electron chi connectivity index (χ2n) is 5.67. The number of ether oxygens (including phenoxy) is 1. The molecule has 124 valence electrons. The fourth-order valence-electron chi connectivity index (χ4n) is 2.87. The summed E-state index contributed by atoms with van der Waals surface area (Å²) in [5.41, 5.74) is 16.2. The summed E-state index contributed by atoms with van der Waals surface area (Å²) in [6.45, 7) is 0. The lowest BCUT2D eigenvalue weighted by molar-refractivity contribution is 0.415. The van der Waals surface area contributed by atoms with Gasteiger partial charge in [0, 0.05) is 17.4 Å². The van der Waals surface area contributed by atoms with Crippen LogP contribution in [0.15, 0.2) is 60.8 Å². The fourth-order valence-corrected chi connectivity index (χ4v) is 2.87. The average Bonchev–Trinajstić information content (AvgIpc) is 2.99. The zero-order valence-electron chi connectivity index (χ0n) is 13.7. The molecule has 0 saturated heterocycles. The first kappa shape index (κ1) is 15.0. The monoisotopic (exact) mass is 331 g/mol. The minimum atomic E-state index is 0.436. The Balaban J connectivity index is 1.91. The van der Waals surface area contributed by atoms with Gasteiger partial charge in [0.25, 0.3) is 0 Å². The number of rotatable bonds is 3. The van der Waals surface area contributed by atoms with E-state index in [1.54, 1.807) is 18.0 Å². The molecule has 6 nitrogen and oxygen atoms in total. The molecule has 0 bridgehead atoms. The molecular weight excluding hydrogens is 314 g/mol. The number of pyridine rings is 1. The lowest BCUT2D eigenvalue weighted by atomic mass is 10.1. The minimum Gasteiger partial charge on any atom is -0.497 e. The first-order chi connectivity index (χ1) is 12.2. The van der Waals surface area contributed by atoms with Gasteiger partial charge in [0.05, 0.1) is 29.4 Å². The van der Waals surface area contributed by atoms with Crippen LogP contribution < -0.4 is 16.2 Å². The molecule has 2 heterocycles. The van der Waals surface area contributed by atoms with E-state index in [9.17, 15) is 0 Å². The fraction of sp³-hybridized carbons (Fsp3) is 0.0526. The van der Waals surface area contributed by atoms with Crippen molar-refractivity contribution in [3.05, 3.63) is 60.8 Å². The maximum Gasteiger partial charge on any atom is 0.156 e. The zero-order chi connectivity index (χ0) is 17.4. The quantitative estimate of drug-likeness (QED) is 0.562. The molecule has 0 unspecified atom stereocenters. The van der Waals surface area contributed by atoms with Crippen LogP contribution in [0.4, 0.5) is 11.5 Å². The third-order valence-corrected chi connectivity index (χ3v) is 4.12. The van der Waals surface area contributed by atoms with Crippen LogP contribution in [-0.4, -0.2) is 21.9 Å². The van der Waals surface area contributed by atoms with Crippen LogP contribution in [0.25, 0.3) is 27.8 Å². The molecule has 0 aliphatic heterocycles. The summed E-state index contributed by atoms with van der Waals surface area (Å²) in [6, 6.07) is 17.1. The molecule has 0 amide bonds. The van der Waals surface area contributed by atoms with E-state index in [2.05, 4.69) is 10.1 Å². The van der Waals surface area contributed by atoms with E-state index in [1.165, 1.54) is 0 Å². The van der Waals surface area contributed by atoms with Crippen molar-refractivity contribution in [3.8, 4) is 22.7 Å². The van der Waals surface area contributed by atoms with E-state index in [0.29, 0.717) is 11.5 Å². The number of fused-ring (bicyclic) bond motifs is 1. The highest BCUT2D eigenvalue weighted by Crippen LogP contribution is 2.32. The van der Waals surface area contributed by atoms with Gasteiger partial charge in [-0.25, -0.2) is 4.68 Å². The van der Waals surface area contributed by atoms with Gasteiger partial charge in [-0.3, -0.25) is 4.98 Å². The molecule has 6 heteroatoms. The molecule has 4 rings (SSSR count). The van der Waals surface area contributed by atoms with Gasteiger partial charge < -0.3 is 16.2 Å². The molecule has 0 aliphatic carbocycles. The van der Waals surface area contributed by atoms with Crippen LogP contribution in [0.2, 0.25) is 0 Å². The van der Waals surface area contributed by atoms with E-state index in [1.807, 2.05) is 54.6 Å². The summed E-state index contributed by atoms with van der Waals surface area (Å²) in [4.78, 5) is 4.52. The Bertz CT molecular complexity index is 1040. The van der Waals surface area contributed by atoms with Crippen molar-refractivity contribution < 1.29 is 4.74 Å². The van der Waals surface area contributed by atoms with E-state index in [-0.39, 0.29) is 0 Å². The third-order valence-electron chi connectivity index (χ3n) is 4.12. The number of aromatic nitrogens is 3. The highest BCUT2D eigenvalue weighted by Gasteiger charge is 2.15. The molecule has 0 fully saturated rings. The molecule has 2 aromatic heterocycles. The number of hydrogen-bond donors (Lipinski definition) is 2. The zero-order valence-corrected chi connectivity index (χ0v) is 13.7. The maximum atomic E-state index is 6.22. The maximum absolute atomic E-state index is 6.22. The Morgan fingerprint density at radius 1 is 0.920 bits per heavy atom. The van der Waals surface area contributed by atoms with Crippen LogP contribution >= 0.6 is 0 Å². The molecule has 2 aromatic carbocycles. The van der Waals surface area contributed by atoms with Crippen molar-refractivity contribution in [1.82, 2.24) is 14.8 Å². The minimum absolute atomic E-state index is 0.436. The molecule has 0 atom stereocenters. The van der Waals surface area contributed by atoms with Crippen LogP contribution in [0.1, 0.15) is 0 Å². The smallest absolute Gasteiger partial charge is 0.156 e. The van der Waals surface area contributed by atoms with Gasteiger partial charge in [0.1, 0.15) is 5.75 Å². The molecule has 4 N–H and O–H groups in total.